The highest BCUT2D eigenvalue weighted by Gasteiger charge is 2.28. The molecule has 0 bridgehead atoms. The number of likely N-dealkylation sites (tertiary alicyclic amines) is 1. The Bertz CT molecular complexity index is 666. The smallest absolute Gasteiger partial charge is 0.256 e. The summed E-state index contributed by atoms with van der Waals surface area (Å²) in [6.45, 7) is 3.76. The maximum absolute atomic E-state index is 12.4. The normalized spacial score (nSPS) is 24.6. The van der Waals surface area contributed by atoms with Gasteiger partial charge in [0.1, 0.15) is 0 Å². The molecule has 8 heteroatoms. The van der Waals surface area contributed by atoms with E-state index in [1.165, 1.54) is 12.4 Å². The Hall–Kier alpha value is -1.70. The van der Waals surface area contributed by atoms with E-state index in [9.17, 15) is 13.2 Å². The number of nitrogens with zero attached hydrogens (tertiary/aromatic N) is 3. The largest absolute Gasteiger partial charge is 0.350 e. The molecule has 126 valence electrons. The second-order valence-corrected chi connectivity index (χ2v) is 8.74. The summed E-state index contributed by atoms with van der Waals surface area (Å²) in [5.74, 6) is 1.32. The van der Waals surface area contributed by atoms with Crippen molar-refractivity contribution in [3.05, 3.63) is 18.0 Å². The molecule has 1 N–H and O–H groups in total. The summed E-state index contributed by atoms with van der Waals surface area (Å²) in [4.78, 5) is 22.5. The first-order valence-electron chi connectivity index (χ1n) is 8.01. The number of amides is 1. The predicted octanol–water partition coefficient (Wildman–Crippen LogP) is 0.948. The summed E-state index contributed by atoms with van der Waals surface area (Å²) in [5, 5.41) is 3.02. The van der Waals surface area contributed by atoms with Crippen molar-refractivity contribution >= 4 is 21.7 Å². The average Bonchev–Trinajstić information content (AvgIpc) is 2.87. The van der Waals surface area contributed by atoms with Crippen LogP contribution in [0, 0.1) is 5.92 Å². The Morgan fingerprint density at radius 1 is 1.22 bits per heavy atom. The van der Waals surface area contributed by atoms with Gasteiger partial charge in [0.25, 0.3) is 5.91 Å². The van der Waals surface area contributed by atoms with E-state index in [1.807, 2.05) is 4.90 Å². The van der Waals surface area contributed by atoms with Crippen molar-refractivity contribution < 1.29 is 13.2 Å². The van der Waals surface area contributed by atoms with Crippen LogP contribution in [0.1, 0.15) is 36.5 Å². The summed E-state index contributed by atoms with van der Waals surface area (Å²) >= 11 is 0. The SMILES string of the molecule is CC1CCN(C(=O)c2cnc(NC3CCS(=O)(=O)C3)nc2)CC1. The highest BCUT2D eigenvalue weighted by Crippen LogP contribution is 2.18. The minimum Gasteiger partial charge on any atom is -0.350 e. The highest BCUT2D eigenvalue weighted by atomic mass is 32.2. The quantitative estimate of drug-likeness (QED) is 0.882. The molecular weight excluding hydrogens is 316 g/mol. The molecule has 1 unspecified atom stereocenters. The Morgan fingerprint density at radius 3 is 2.43 bits per heavy atom. The number of carbonyl (C=O) groups excluding carboxylic acids is 1. The topological polar surface area (TPSA) is 92.3 Å². The molecule has 2 fully saturated rings. The lowest BCUT2D eigenvalue weighted by atomic mass is 9.99. The maximum Gasteiger partial charge on any atom is 0.256 e. The lowest BCUT2D eigenvalue weighted by Gasteiger charge is -2.30. The number of hydrogen-bond donors (Lipinski definition) is 1. The molecule has 0 saturated carbocycles. The van der Waals surface area contributed by atoms with Crippen LogP contribution in [-0.4, -0.2) is 59.8 Å². The molecule has 0 aliphatic carbocycles. The van der Waals surface area contributed by atoms with E-state index in [-0.39, 0.29) is 23.5 Å². The summed E-state index contributed by atoms with van der Waals surface area (Å²) in [7, 11) is -2.94. The van der Waals surface area contributed by atoms with Crippen LogP contribution in [0.25, 0.3) is 0 Å². The van der Waals surface area contributed by atoms with Gasteiger partial charge in [0.15, 0.2) is 9.84 Å². The van der Waals surface area contributed by atoms with E-state index < -0.39 is 9.84 Å². The standard InChI is InChI=1S/C15H22N4O3S/c1-11-2-5-19(6-3-11)14(20)12-8-16-15(17-9-12)18-13-4-7-23(21,22)10-13/h8-9,11,13H,2-7,10H2,1H3,(H,16,17,18). The van der Waals surface area contributed by atoms with Crippen LogP contribution < -0.4 is 5.32 Å². The molecule has 3 rings (SSSR count). The maximum atomic E-state index is 12.4. The van der Waals surface area contributed by atoms with Crippen LogP contribution in [0.15, 0.2) is 12.4 Å². The first-order chi connectivity index (χ1) is 10.9. The molecule has 1 aromatic rings. The number of piperidine rings is 1. The van der Waals surface area contributed by atoms with E-state index in [2.05, 4.69) is 22.2 Å². The zero-order chi connectivity index (χ0) is 16.4. The minimum atomic E-state index is -2.94. The Kier molecular flexibility index (Phi) is 4.52. The molecular formula is C15H22N4O3S. The van der Waals surface area contributed by atoms with Gasteiger partial charge in [0, 0.05) is 31.5 Å². The number of aromatic nitrogens is 2. The molecule has 0 spiro atoms. The van der Waals surface area contributed by atoms with Crippen LogP contribution in [0.2, 0.25) is 0 Å². The summed E-state index contributed by atoms with van der Waals surface area (Å²) in [6, 6.07) is -0.148. The fourth-order valence-corrected chi connectivity index (χ4v) is 4.67. The lowest BCUT2D eigenvalue weighted by molar-refractivity contribution is 0.0696. The summed E-state index contributed by atoms with van der Waals surface area (Å²) in [5.41, 5.74) is 0.476. The van der Waals surface area contributed by atoms with Gasteiger partial charge in [-0.25, -0.2) is 18.4 Å². The number of nitrogens with one attached hydrogen (secondary N) is 1. The van der Waals surface area contributed by atoms with Crippen molar-refractivity contribution in [1.29, 1.82) is 0 Å². The number of rotatable bonds is 3. The van der Waals surface area contributed by atoms with Crippen LogP contribution in [0.4, 0.5) is 5.95 Å². The van der Waals surface area contributed by atoms with Crippen molar-refractivity contribution in [2.45, 2.75) is 32.2 Å². The van der Waals surface area contributed by atoms with Gasteiger partial charge in [0.2, 0.25) is 5.95 Å². The molecule has 1 amide bonds. The van der Waals surface area contributed by atoms with Gasteiger partial charge >= 0.3 is 0 Å². The number of hydrogen-bond acceptors (Lipinski definition) is 6. The second-order valence-electron chi connectivity index (χ2n) is 6.51. The molecule has 3 heterocycles. The third kappa shape index (κ3) is 3.99. The molecule has 7 nitrogen and oxygen atoms in total. The molecule has 23 heavy (non-hydrogen) atoms. The zero-order valence-corrected chi connectivity index (χ0v) is 14.1. The fraction of sp³-hybridized carbons (Fsp3) is 0.667. The molecule has 0 aromatic carbocycles. The molecule has 2 aliphatic rings. The lowest BCUT2D eigenvalue weighted by Crippen LogP contribution is -2.38. The van der Waals surface area contributed by atoms with E-state index >= 15 is 0 Å². The molecule has 0 radical (unpaired) electrons. The van der Waals surface area contributed by atoms with Gasteiger partial charge in [-0.05, 0) is 25.2 Å². The Morgan fingerprint density at radius 2 is 1.87 bits per heavy atom. The first-order valence-corrected chi connectivity index (χ1v) is 9.83. The van der Waals surface area contributed by atoms with Crippen molar-refractivity contribution in [3.8, 4) is 0 Å². The van der Waals surface area contributed by atoms with Crippen molar-refractivity contribution in [3.63, 3.8) is 0 Å². The van der Waals surface area contributed by atoms with Crippen molar-refractivity contribution in [2.24, 2.45) is 5.92 Å². The van der Waals surface area contributed by atoms with Gasteiger partial charge in [0.05, 0.1) is 17.1 Å². The fourth-order valence-electron chi connectivity index (χ4n) is 3.00. The third-order valence-corrected chi connectivity index (χ3v) is 6.30. The second kappa shape index (κ2) is 6.43. The van der Waals surface area contributed by atoms with E-state index in [1.54, 1.807) is 0 Å². The Labute approximate surface area is 136 Å². The summed E-state index contributed by atoms with van der Waals surface area (Å²) in [6.07, 6.45) is 5.65. The monoisotopic (exact) mass is 338 g/mol. The molecule has 1 atom stereocenters. The van der Waals surface area contributed by atoms with Crippen LogP contribution in [0.5, 0.6) is 0 Å². The van der Waals surface area contributed by atoms with Crippen LogP contribution in [-0.2, 0) is 9.84 Å². The minimum absolute atomic E-state index is 0.0353. The number of carbonyl (C=O) groups is 1. The van der Waals surface area contributed by atoms with E-state index in [0.29, 0.717) is 23.9 Å². The van der Waals surface area contributed by atoms with E-state index in [0.717, 1.165) is 25.9 Å². The van der Waals surface area contributed by atoms with Crippen LogP contribution >= 0.6 is 0 Å². The van der Waals surface area contributed by atoms with Crippen LogP contribution in [0.3, 0.4) is 0 Å². The zero-order valence-electron chi connectivity index (χ0n) is 13.2. The number of anilines is 1. The Balaban J connectivity index is 1.60. The van der Waals surface area contributed by atoms with Crippen molar-refractivity contribution in [2.75, 3.05) is 29.9 Å². The number of sulfone groups is 1. The van der Waals surface area contributed by atoms with Gasteiger partial charge in [-0.15, -0.1) is 0 Å². The molecule has 1 aromatic heterocycles. The van der Waals surface area contributed by atoms with Gasteiger partial charge < -0.3 is 10.2 Å². The third-order valence-electron chi connectivity index (χ3n) is 4.54. The van der Waals surface area contributed by atoms with Gasteiger partial charge in [-0.1, -0.05) is 6.92 Å². The highest BCUT2D eigenvalue weighted by molar-refractivity contribution is 7.91. The molecule has 2 saturated heterocycles. The average molecular weight is 338 g/mol. The van der Waals surface area contributed by atoms with Gasteiger partial charge in [-0.2, -0.15) is 0 Å². The first kappa shape index (κ1) is 16.2. The predicted molar refractivity (Wildman–Crippen MR) is 87.0 cm³/mol. The summed E-state index contributed by atoms with van der Waals surface area (Å²) < 4.78 is 22.9. The molecule has 2 aliphatic heterocycles. The van der Waals surface area contributed by atoms with E-state index in [4.69, 9.17) is 0 Å². The van der Waals surface area contributed by atoms with Gasteiger partial charge in [-0.3, -0.25) is 4.79 Å². The van der Waals surface area contributed by atoms with Crippen molar-refractivity contribution in [1.82, 2.24) is 14.9 Å².